The average molecular weight is 478 g/mol. The summed E-state index contributed by atoms with van der Waals surface area (Å²) in [6, 6.07) is 14.6. The minimum absolute atomic E-state index is 0.175. The number of pyridine rings is 1. The van der Waals surface area contributed by atoms with Gasteiger partial charge in [0.05, 0.1) is 11.4 Å². The van der Waals surface area contributed by atoms with Crippen molar-refractivity contribution in [3.63, 3.8) is 0 Å². The Bertz CT molecular complexity index is 1330. The van der Waals surface area contributed by atoms with Crippen LogP contribution in [-0.4, -0.2) is 33.8 Å². The molecule has 0 radical (unpaired) electrons. The molecule has 3 amide bonds. The molecule has 2 aromatic heterocycles. The summed E-state index contributed by atoms with van der Waals surface area (Å²) in [5.41, 5.74) is 1.04. The number of rotatable bonds is 7. The molecule has 4 aromatic rings. The molecule has 2 aromatic carbocycles. The van der Waals surface area contributed by atoms with Gasteiger partial charge in [-0.15, -0.1) is 0 Å². The zero-order valence-corrected chi connectivity index (χ0v) is 18.4. The van der Waals surface area contributed by atoms with E-state index < -0.39 is 12.5 Å². The van der Waals surface area contributed by atoms with Crippen LogP contribution in [0, 0.1) is 0 Å². The summed E-state index contributed by atoms with van der Waals surface area (Å²) in [7, 11) is 1.51. The maximum absolute atomic E-state index is 13.2. The second-order valence-electron chi connectivity index (χ2n) is 7.19. The molecule has 4 rings (SSSR count). The molecule has 0 aliphatic carbocycles. The summed E-state index contributed by atoms with van der Waals surface area (Å²) in [6.07, 6.45) is 1.95. The lowest BCUT2D eigenvalue weighted by molar-refractivity contribution is 0.0957. The van der Waals surface area contributed by atoms with Crippen LogP contribution in [0.4, 0.5) is 25.0 Å². The van der Waals surface area contributed by atoms with Gasteiger partial charge in [0.15, 0.2) is 0 Å². The Morgan fingerprint density at radius 1 is 0.971 bits per heavy atom. The van der Waals surface area contributed by atoms with E-state index in [0.29, 0.717) is 22.9 Å². The molecular formula is C24H20F2N6O3. The normalized spacial score (nSPS) is 10.6. The molecular weight excluding hydrogens is 458 g/mol. The molecule has 0 spiro atoms. The number of alkyl halides is 2. The van der Waals surface area contributed by atoms with Gasteiger partial charge in [0, 0.05) is 43.0 Å². The zero-order chi connectivity index (χ0) is 24.8. The number of aromatic nitrogens is 3. The average Bonchev–Trinajstić information content (AvgIpc) is 3.39. The van der Waals surface area contributed by atoms with Crippen LogP contribution in [0.3, 0.4) is 0 Å². The van der Waals surface area contributed by atoms with Gasteiger partial charge in [-0.25, -0.2) is 18.3 Å². The second kappa shape index (κ2) is 10.4. The minimum Gasteiger partial charge on any atom is -0.457 e. The quantitative estimate of drug-likeness (QED) is 0.346. The van der Waals surface area contributed by atoms with Crippen LogP contribution in [0.1, 0.15) is 22.5 Å². The van der Waals surface area contributed by atoms with E-state index >= 15 is 0 Å². The number of halogens is 2. The van der Waals surface area contributed by atoms with Crippen LogP contribution in [0.15, 0.2) is 79.3 Å². The molecule has 9 nitrogen and oxygen atoms in total. The summed E-state index contributed by atoms with van der Waals surface area (Å²) < 4.78 is 33.6. The lowest BCUT2D eigenvalue weighted by Crippen LogP contribution is -2.20. The van der Waals surface area contributed by atoms with E-state index in [9.17, 15) is 18.4 Å². The van der Waals surface area contributed by atoms with Crippen molar-refractivity contribution in [3.05, 3.63) is 90.5 Å². The summed E-state index contributed by atoms with van der Waals surface area (Å²) >= 11 is 0. The number of amides is 3. The lowest BCUT2D eigenvalue weighted by Gasteiger charge is -2.14. The minimum atomic E-state index is -2.69. The van der Waals surface area contributed by atoms with Gasteiger partial charge in [-0.1, -0.05) is 6.07 Å². The molecule has 0 aliphatic heterocycles. The van der Waals surface area contributed by atoms with Crippen LogP contribution in [0.5, 0.6) is 11.5 Å². The Morgan fingerprint density at radius 3 is 2.46 bits per heavy atom. The molecule has 0 aliphatic rings. The first-order valence-corrected chi connectivity index (χ1v) is 10.4. The zero-order valence-electron chi connectivity index (χ0n) is 18.4. The van der Waals surface area contributed by atoms with Crippen molar-refractivity contribution in [2.45, 2.75) is 6.43 Å². The largest absolute Gasteiger partial charge is 0.457 e. The molecule has 178 valence electrons. The number of carbonyl (C=O) groups excluding carboxylic acids is 2. The van der Waals surface area contributed by atoms with Crippen molar-refractivity contribution in [1.29, 1.82) is 0 Å². The van der Waals surface area contributed by atoms with E-state index in [2.05, 4.69) is 26.0 Å². The Kier molecular flexibility index (Phi) is 6.96. The van der Waals surface area contributed by atoms with Crippen molar-refractivity contribution in [1.82, 2.24) is 20.1 Å². The van der Waals surface area contributed by atoms with Gasteiger partial charge in [0.25, 0.3) is 12.3 Å². The van der Waals surface area contributed by atoms with Crippen LogP contribution in [-0.2, 0) is 0 Å². The fourth-order valence-corrected chi connectivity index (χ4v) is 3.15. The molecule has 0 bridgehead atoms. The van der Waals surface area contributed by atoms with Gasteiger partial charge in [-0.05, 0) is 48.5 Å². The van der Waals surface area contributed by atoms with E-state index in [1.807, 2.05) is 0 Å². The fraction of sp³-hybridized carbons (Fsp3) is 0.0833. The van der Waals surface area contributed by atoms with Gasteiger partial charge >= 0.3 is 6.03 Å². The maximum atomic E-state index is 13.2. The molecule has 35 heavy (non-hydrogen) atoms. The van der Waals surface area contributed by atoms with Gasteiger partial charge in [-0.2, -0.15) is 5.10 Å². The standard InChI is InChI=1S/C24H20F2N6O3/c1-27-23(33)20-14-18(9-11-28-20)35-17-6-4-16(5-7-17)30-24(34)31-19-13-15(22(25)26)3-8-21(19)32-12-2-10-29-32/h2-14,22H,1H3,(H,27,33)(H2,30,31,34). The van der Waals surface area contributed by atoms with E-state index in [4.69, 9.17) is 4.74 Å². The Labute approximate surface area is 198 Å². The van der Waals surface area contributed by atoms with E-state index in [0.717, 1.165) is 0 Å². The van der Waals surface area contributed by atoms with Crippen LogP contribution in [0.25, 0.3) is 5.69 Å². The fourth-order valence-electron chi connectivity index (χ4n) is 3.15. The molecule has 0 saturated carbocycles. The lowest BCUT2D eigenvalue weighted by atomic mass is 10.1. The number of hydrogen-bond donors (Lipinski definition) is 3. The molecule has 0 atom stereocenters. The Balaban J connectivity index is 1.44. The summed E-state index contributed by atoms with van der Waals surface area (Å²) in [5, 5.41) is 11.8. The topological polar surface area (TPSA) is 110 Å². The van der Waals surface area contributed by atoms with Gasteiger partial charge in [-0.3, -0.25) is 9.78 Å². The number of ether oxygens (including phenoxy) is 1. The molecule has 0 unspecified atom stereocenters. The van der Waals surface area contributed by atoms with Gasteiger partial charge < -0.3 is 20.7 Å². The Morgan fingerprint density at radius 2 is 1.77 bits per heavy atom. The van der Waals surface area contributed by atoms with E-state index in [-0.39, 0.29) is 22.9 Å². The third-order valence-corrected chi connectivity index (χ3v) is 4.81. The molecule has 0 fully saturated rings. The Hall–Kier alpha value is -4.80. The van der Waals surface area contributed by atoms with E-state index in [1.165, 1.54) is 42.2 Å². The van der Waals surface area contributed by atoms with Crippen molar-refractivity contribution < 1.29 is 23.1 Å². The van der Waals surface area contributed by atoms with Gasteiger partial charge in [0.1, 0.15) is 17.2 Å². The first-order valence-electron chi connectivity index (χ1n) is 10.4. The molecule has 2 heterocycles. The van der Waals surface area contributed by atoms with E-state index in [1.54, 1.807) is 48.8 Å². The van der Waals surface area contributed by atoms with Gasteiger partial charge in [0.2, 0.25) is 0 Å². The molecule has 11 heteroatoms. The highest BCUT2D eigenvalue weighted by atomic mass is 19.3. The highest BCUT2D eigenvalue weighted by Gasteiger charge is 2.14. The predicted molar refractivity (Wildman–Crippen MR) is 125 cm³/mol. The van der Waals surface area contributed by atoms with Crippen LogP contribution in [0.2, 0.25) is 0 Å². The number of carbonyl (C=O) groups is 2. The first kappa shape index (κ1) is 23.4. The monoisotopic (exact) mass is 478 g/mol. The number of benzene rings is 2. The molecule has 0 saturated heterocycles. The third-order valence-electron chi connectivity index (χ3n) is 4.81. The van der Waals surface area contributed by atoms with Crippen LogP contribution >= 0.6 is 0 Å². The number of anilines is 2. The summed E-state index contributed by atoms with van der Waals surface area (Å²) in [4.78, 5) is 28.3. The number of hydrogen-bond acceptors (Lipinski definition) is 5. The number of nitrogens with one attached hydrogen (secondary N) is 3. The number of nitrogens with zero attached hydrogens (tertiary/aromatic N) is 3. The molecule has 3 N–H and O–H groups in total. The highest BCUT2D eigenvalue weighted by Crippen LogP contribution is 2.28. The highest BCUT2D eigenvalue weighted by molar-refractivity contribution is 6.01. The smallest absolute Gasteiger partial charge is 0.323 e. The first-order chi connectivity index (χ1) is 16.9. The summed E-state index contributed by atoms with van der Waals surface area (Å²) in [6.45, 7) is 0. The van der Waals surface area contributed by atoms with Crippen molar-refractivity contribution in [3.8, 4) is 17.2 Å². The third kappa shape index (κ3) is 5.77. The maximum Gasteiger partial charge on any atom is 0.323 e. The SMILES string of the molecule is CNC(=O)c1cc(Oc2ccc(NC(=O)Nc3cc(C(F)F)ccc3-n3cccn3)cc2)ccn1. The van der Waals surface area contributed by atoms with Crippen molar-refractivity contribution in [2.24, 2.45) is 0 Å². The van der Waals surface area contributed by atoms with Crippen molar-refractivity contribution >= 4 is 23.3 Å². The second-order valence-corrected chi connectivity index (χ2v) is 7.19. The van der Waals surface area contributed by atoms with Crippen molar-refractivity contribution in [2.75, 3.05) is 17.7 Å². The predicted octanol–water partition coefficient (Wildman–Crippen LogP) is 5.00. The summed E-state index contributed by atoms with van der Waals surface area (Å²) in [5.74, 6) is 0.550. The van der Waals surface area contributed by atoms with Crippen LogP contribution < -0.4 is 20.7 Å². The number of urea groups is 1.